The Kier molecular flexibility index (Phi) is 6.68. The van der Waals surface area contributed by atoms with Crippen molar-refractivity contribution in [2.45, 2.75) is 13.3 Å². The lowest BCUT2D eigenvalue weighted by Gasteiger charge is -2.11. The molecule has 29 heavy (non-hydrogen) atoms. The molecule has 1 amide bonds. The van der Waals surface area contributed by atoms with Crippen LogP contribution in [0.25, 0.3) is 0 Å². The second-order valence-electron chi connectivity index (χ2n) is 6.65. The summed E-state index contributed by atoms with van der Waals surface area (Å²) in [6.45, 7) is 2.70. The Balaban J connectivity index is 1.58. The zero-order valence-corrected chi connectivity index (χ0v) is 16.9. The van der Waals surface area contributed by atoms with Crippen molar-refractivity contribution in [1.29, 1.82) is 0 Å². The van der Waals surface area contributed by atoms with Crippen LogP contribution in [0.2, 0.25) is 0 Å². The van der Waals surface area contributed by atoms with Crippen LogP contribution in [-0.4, -0.2) is 31.7 Å². The summed E-state index contributed by atoms with van der Waals surface area (Å²) in [5.74, 6) is 1.23. The molecule has 0 aliphatic carbocycles. The summed E-state index contributed by atoms with van der Waals surface area (Å²) in [6.07, 6.45) is 4.06. The van der Waals surface area contributed by atoms with Gasteiger partial charge in [-0.1, -0.05) is 23.8 Å². The SMILES string of the molecule is COc1ccc(CCNc2cncc(C(=O)Nc3ccc(C)cc3)c2)cc1OC. The molecule has 2 aromatic carbocycles. The number of amides is 1. The molecule has 0 saturated heterocycles. The number of methoxy groups -OCH3 is 2. The zero-order chi connectivity index (χ0) is 20.6. The standard InChI is InChI=1S/C23H25N3O3/c1-16-4-7-19(8-5-16)26-23(27)18-13-20(15-24-14-18)25-11-10-17-6-9-21(28-2)22(12-17)29-3/h4-9,12-15,25H,10-11H2,1-3H3,(H,26,27). The van der Waals surface area contributed by atoms with Crippen LogP contribution in [0, 0.1) is 6.92 Å². The van der Waals surface area contributed by atoms with E-state index < -0.39 is 0 Å². The van der Waals surface area contributed by atoms with Gasteiger partial charge in [0.05, 0.1) is 25.5 Å². The Morgan fingerprint density at radius 2 is 1.69 bits per heavy atom. The van der Waals surface area contributed by atoms with Crippen LogP contribution in [0.1, 0.15) is 21.5 Å². The van der Waals surface area contributed by atoms with Crippen LogP contribution in [-0.2, 0) is 6.42 Å². The van der Waals surface area contributed by atoms with Gasteiger partial charge < -0.3 is 20.1 Å². The molecule has 0 atom stereocenters. The van der Waals surface area contributed by atoms with E-state index in [4.69, 9.17) is 9.47 Å². The van der Waals surface area contributed by atoms with Gasteiger partial charge in [-0.15, -0.1) is 0 Å². The van der Waals surface area contributed by atoms with E-state index in [0.717, 1.165) is 28.9 Å². The summed E-state index contributed by atoms with van der Waals surface area (Å²) >= 11 is 0. The van der Waals surface area contributed by atoms with Gasteiger partial charge in [0, 0.05) is 24.6 Å². The topological polar surface area (TPSA) is 72.5 Å². The number of rotatable bonds is 8. The molecule has 3 aromatic rings. The number of aryl methyl sites for hydroxylation is 1. The molecule has 150 valence electrons. The summed E-state index contributed by atoms with van der Waals surface area (Å²) in [6, 6.07) is 15.3. The average Bonchev–Trinajstić information content (AvgIpc) is 2.75. The predicted octanol–water partition coefficient (Wildman–Crippen LogP) is 4.31. The normalized spacial score (nSPS) is 10.3. The van der Waals surface area contributed by atoms with Gasteiger partial charge in [-0.3, -0.25) is 9.78 Å². The van der Waals surface area contributed by atoms with Crippen molar-refractivity contribution in [2.75, 3.05) is 31.4 Å². The Morgan fingerprint density at radius 3 is 2.41 bits per heavy atom. The molecule has 0 aliphatic rings. The lowest BCUT2D eigenvalue weighted by molar-refractivity contribution is 0.102. The molecule has 0 fully saturated rings. The first kappa shape index (κ1) is 20.2. The van der Waals surface area contributed by atoms with E-state index >= 15 is 0 Å². The Morgan fingerprint density at radius 1 is 0.931 bits per heavy atom. The molecule has 0 unspecified atom stereocenters. The van der Waals surface area contributed by atoms with Crippen LogP contribution < -0.4 is 20.1 Å². The summed E-state index contributed by atoms with van der Waals surface area (Å²) in [5.41, 5.74) is 4.32. The van der Waals surface area contributed by atoms with Gasteiger partial charge in [0.2, 0.25) is 0 Å². The highest BCUT2D eigenvalue weighted by Gasteiger charge is 2.08. The van der Waals surface area contributed by atoms with Crippen molar-refractivity contribution in [3.8, 4) is 11.5 Å². The van der Waals surface area contributed by atoms with Crippen molar-refractivity contribution in [3.05, 3.63) is 77.6 Å². The molecule has 2 N–H and O–H groups in total. The van der Waals surface area contributed by atoms with E-state index in [2.05, 4.69) is 15.6 Å². The summed E-state index contributed by atoms with van der Waals surface area (Å²) in [4.78, 5) is 16.7. The van der Waals surface area contributed by atoms with Gasteiger partial charge in [-0.2, -0.15) is 0 Å². The van der Waals surface area contributed by atoms with Crippen LogP contribution in [0.3, 0.4) is 0 Å². The highest BCUT2D eigenvalue weighted by atomic mass is 16.5. The first-order valence-electron chi connectivity index (χ1n) is 9.37. The zero-order valence-electron chi connectivity index (χ0n) is 16.9. The van der Waals surface area contributed by atoms with Crippen molar-refractivity contribution in [1.82, 2.24) is 4.98 Å². The minimum atomic E-state index is -0.190. The van der Waals surface area contributed by atoms with Crippen molar-refractivity contribution >= 4 is 17.3 Å². The number of nitrogens with one attached hydrogen (secondary N) is 2. The van der Waals surface area contributed by atoms with Crippen molar-refractivity contribution in [3.63, 3.8) is 0 Å². The number of aromatic nitrogens is 1. The fourth-order valence-corrected chi connectivity index (χ4v) is 2.89. The van der Waals surface area contributed by atoms with E-state index in [1.54, 1.807) is 32.7 Å². The van der Waals surface area contributed by atoms with E-state index in [-0.39, 0.29) is 5.91 Å². The number of hydrogen-bond donors (Lipinski definition) is 2. The molecule has 1 heterocycles. The van der Waals surface area contributed by atoms with Crippen molar-refractivity contribution < 1.29 is 14.3 Å². The van der Waals surface area contributed by atoms with Crippen molar-refractivity contribution in [2.24, 2.45) is 0 Å². The summed E-state index contributed by atoms with van der Waals surface area (Å²) in [7, 11) is 3.24. The third kappa shape index (κ3) is 5.48. The molecule has 1 aromatic heterocycles. The number of hydrogen-bond acceptors (Lipinski definition) is 5. The highest BCUT2D eigenvalue weighted by Crippen LogP contribution is 2.27. The fraction of sp³-hybridized carbons (Fsp3) is 0.217. The van der Waals surface area contributed by atoms with E-state index in [9.17, 15) is 4.79 Å². The number of anilines is 2. The maximum Gasteiger partial charge on any atom is 0.257 e. The third-order valence-electron chi connectivity index (χ3n) is 4.50. The number of carbonyl (C=O) groups excluding carboxylic acids is 1. The van der Waals surface area contributed by atoms with E-state index in [1.165, 1.54) is 0 Å². The van der Waals surface area contributed by atoms with Crippen LogP contribution in [0.4, 0.5) is 11.4 Å². The Bertz CT molecular complexity index is 971. The quantitative estimate of drug-likeness (QED) is 0.598. The minimum Gasteiger partial charge on any atom is -0.493 e. The molecule has 0 radical (unpaired) electrons. The van der Waals surface area contributed by atoms with Gasteiger partial charge in [-0.25, -0.2) is 0 Å². The lowest BCUT2D eigenvalue weighted by Crippen LogP contribution is -2.13. The monoisotopic (exact) mass is 391 g/mol. The third-order valence-corrected chi connectivity index (χ3v) is 4.50. The van der Waals surface area contributed by atoms with Crippen LogP contribution in [0.5, 0.6) is 11.5 Å². The second kappa shape index (κ2) is 9.59. The molecule has 0 saturated carbocycles. The maximum absolute atomic E-state index is 12.5. The van der Waals surface area contributed by atoms with Gasteiger partial charge in [-0.05, 0) is 49.2 Å². The Hall–Kier alpha value is -3.54. The van der Waals surface area contributed by atoms with Gasteiger partial charge >= 0.3 is 0 Å². The molecule has 0 bridgehead atoms. The molecule has 3 rings (SSSR count). The lowest BCUT2D eigenvalue weighted by atomic mass is 10.1. The van der Waals surface area contributed by atoms with E-state index in [1.807, 2.05) is 49.4 Å². The molecule has 0 aliphatic heterocycles. The highest BCUT2D eigenvalue weighted by molar-refractivity contribution is 6.04. The predicted molar refractivity (Wildman–Crippen MR) is 115 cm³/mol. The first-order valence-corrected chi connectivity index (χ1v) is 9.37. The number of ether oxygens (including phenoxy) is 2. The molecule has 0 spiro atoms. The van der Waals surface area contributed by atoms with Gasteiger partial charge in [0.25, 0.3) is 5.91 Å². The van der Waals surface area contributed by atoms with Crippen LogP contribution in [0.15, 0.2) is 60.9 Å². The molecular formula is C23H25N3O3. The second-order valence-corrected chi connectivity index (χ2v) is 6.65. The number of carbonyl (C=O) groups is 1. The largest absolute Gasteiger partial charge is 0.493 e. The maximum atomic E-state index is 12.5. The van der Waals surface area contributed by atoms with Gasteiger partial charge in [0.15, 0.2) is 11.5 Å². The molecule has 6 nitrogen and oxygen atoms in total. The summed E-state index contributed by atoms with van der Waals surface area (Å²) in [5, 5.41) is 6.20. The van der Waals surface area contributed by atoms with Gasteiger partial charge in [0.1, 0.15) is 0 Å². The number of nitrogens with zero attached hydrogens (tertiary/aromatic N) is 1. The van der Waals surface area contributed by atoms with Crippen LogP contribution >= 0.6 is 0 Å². The average molecular weight is 391 g/mol. The molecule has 6 heteroatoms. The fourth-order valence-electron chi connectivity index (χ4n) is 2.89. The number of pyridine rings is 1. The van der Waals surface area contributed by atoms with E-state index in [0.29, 0.717) is 23.6 Å². The minimum absolute atomic E-state index is 0.190. The summed E-state index contributed by atoms with van der Waals surface area (Å²) < 4.78 is 10.6. The molecular weight excluding hydrogens is 366 g/mol. The number of benzene rings is 2. The smallest absolute Gasteiger partial charge is 0.257 e. The first-order chi connectivity index (χ1) is 14.1. The Labute approximate surface area is 170 Å².